The van der Waals surface area contributed by atoms with Gasteiger partial charge < -0.3 is 19.9 Å². The number of hydrogen-bond acceptors (Lipinski definition) is 10. The molecule has 8 aromatic rings. The Balaban J connectivity index is 0.000000140. The molecule has 4 aromatic heterocycles. The first-order valence-electron chi connectivity index (χ1n) is 18.4. The number of thiophene rings is 2. The zero-order chi connectivity index (χ0) is 42.8. The van der Waals surface area contributed by atoms with Gasteiger partial charge in [0.15, 0.2) is 0 Å². The van der Waals surface area contributed by atoms with Crippen molar-refractivity contribution in [1.82, 2.24) is 9.97 Å². The number of halogens is 3. The summed E-state index contributed by atoms with van der Waals surface area (Å²) in [6, 6.07) is 30.2. The van der Waals surface area contributed by atoms with Gasteiger partial charge in [0.05, 0.1) is 73.3 Å². The van der Waals surface area contributed by atoms with E-state index in [2.05, 4.69) is 81.6 Å². The van der Waals surface area contributed by atoms with Gasteiger partial charge in [-0.1, -0.05) is 47.5 Å². The average Bonchev–Trinajstić information content (AvgIpc) is 4.05. The van der Waals surface area contributed by atoms with E-state index in [9.17, 15) is 9.59 Å². The first-order chi connectivity index (χ1) is 28.6. The maximum absolute atomic E-state index is 12.5. The molecule has 1 fully saturated rings. The number of thiazole rings is 2. The maximum Gasteiger partial charge on any atom is 0.498 e. The summed E-state index contributed by atoms with van der Waals surface area (Å²) in [5.41, 5.74) is 10.5. The van der Waals surface area contributed by atoms with Crippen molar-refractivity contribution in [3.05, 3.63) is 150 Å². The number of anilines is 2. The summed E-state index contributed by atoms with van der Waals surface area (Å²) in [7, 11) is -0.372. The van der Waals surface area contributed by atoms with Crippen molar-refractivity contribution in [3.63, 3.8) is 0 Å². The van der Waals surface area contributed by atoms with Crippen LogP contribution >= 0.6 is 84.5 Å². The Hall–Kier alpha value is -4.09. The molecule has 1 atom stereocenters. The Morgan fingerprint density at radius 3 is 1.78 bits per heavy atom. The number of rotatable bonds is 6. The number of nitrogens with one attached hydrogen (secondary N) is 2. The van der Waals surface area contributed by atoms with Crippen LogP contribution in [0.15, 0.2) is 112 Å². The SMILES string of the molecule is Cc1cc2scnc2cc1-c1ccc(C(=O)Nc2ccccc2Cl)s1.O=C(Nc1ccccc1Cl)c1ccc(Br)s1.[CH2+]C1(C)OB(c2cc3ncsc3cc2C)OC1(C)C. The molecule has 0 radical (unpaired) electrons. The number of carbonyl (C=O) groups is 2. The van der Waals surface area contributed by atoms with Gasteiger partial charge in [-0.05, 0) is 139 Å². The van der Waals surface area contributed by atoms with Crippen LogP contribution in [0.2, 0.25) is 10.0 Å². The molecule has 0 aliphatic carbocycles. The number of para-hydroxylation sites is 2. The number of carbonyl (C=O) groups excluding carboxylic acids is 2. The molecule has 0 bridgehead atoms. The fourth-order valence-electron chi connectivity index (χ4n) is 6.00. The van der Waals surface area contributed by atoms with Gasteiger partial charge in [0, 0.05) is 11.8 Å². The lowest BCUT2D eigenvalue weighted by molar-refractivity contribution is 0.0262. The summed E-state index contributed by atoms with van der Waals surface area (Å²) in [4.78, 5) is 35.4. The van der Waals surface area contributed by atoms with Gasteiger partial charge in [-0.25, -0.2) is 9.97 Å². The van der Waals surface area contributed by atoms with Crippen molar-refractivity contribution in [2.24, 2.45) is 0 Å². The summed E-state index contributed by atoms with van der Waals surface area (Å²) in [6.45, 7) is 14.3. The Kier molecular flexibility index (Phi) is 13.6. The minimum Gasteiger partial charge on any atom is -0.395 e. The Labute approximate surface area is 383 Å². The molecular formula is C44H37BBrCl2N4O4S4+. The van der Waals surface area contributed by atoms with E-state index in [1.54, 1.807) is 53.0 Å². The molecule has 1 aliphatic rings. The number of fused-ring (bicyclic) bond motifs is 2. The van der Waals surface area contributed by atoms with Crippen LogP contribution in [0.1, 0.15) is 51.2 Å². The lowest BCUT2D eigenvalue weighted by Gasteiger charge is -2.25. The van der Waals surface area contributed by atoms with Crippen molar-refractivity contribution in [2.45, 2.75) is 45.8 Å². The number of hydrogen-bond donors (Lipinski definition) is 2. The lowest BCUT2D eigenvalue weighted by atomic mass is 9.76. The van der Waals surface area contributed by atoms with E-state index in [0.717, 1.165) is 36.3 Å². The molecule has 1 saturated heterocycles. The van der Waals surface area contributed by atoms with Gasteiger partial charge in [-0.3, -0.25) is 9.59 Å². The van der Waals surface area contributed by atoms with Crippen molar-refractivity contribution < 1.29 is 18.9 Å². The van der Waals surface area contributed by atoms with Crippen LogP contribution in [0.3, 0.4) is 0 Å². The van der Waals surface area contributed by atoms with E-state index in [1.165, 1.54) is 37.6 Å². The fourth-order valence-corrected chi connectivity index (χ4v) is 10.1. The summed E-state index contributed by atoms with van der Waals surface area (Å²) in [5.74, 6) is -0.305. The highest BCUT2D eigenvalue weighted by atomic mass is 79.9. The molecule has 60 heavy (non-hydrogen) atoms. The molecule has 0 spiro atoms. The van der Waals surface area contributed by atoms with Crippen LogP contribution in [0.25, 0.3) is 30.9 Å². The van der Waals surface area contributed by atoms with Crippen LogP contribution in [-0.4, -0.2) is 40.1 Å². The third kappa shape index (κ3) is 9.99. The molecule has 9 rings (SSSR count). The molecule has 304 valence electrons. The Morgan fingerprint density at radius 2 is 1.25 bits per heavy atom. The van der Waals surface area contributed by atoms with Crippen molar-refractivity contribution >= 4 is 141 Å². The first kappa shape index (κ1) is 44.0. The zero-order valence-electron chi connectivity index (χ0n) is 33.0. The Morgan fingerprint density at radius 1 is 0.717 bits per heavy atom. The van der Waals surface area contributed by atoms with Crippen LogP contribution in [0.5, 0.6) is 0 Å². The number of amides is 2. The summed E-state index contributed by atoms with van der Waals surface area (Å²) in [6.07, 6.45) is 0. The smallest absolute Gasteiger partial charge is 0.395 e. The van der Waals surface area contributed by atoms with Crippen molar-refractivity contribution in [1.29, 1.82) is 0 Å². The lowest BCUT2D eigenvalue weighted by Crippen LogP contribution is -2.42. The van der Waals surface area contributed by atoms with Gasteiger partial charge in [0.2, 0.25) is 5.60 Å². The predicted octanol–water partition coefficient (Wildman–Crippen LogP) is 13.4. The molecule has 1 unspecified atom stereocenters. The van der Waals surface area contributed by atoms with Crippen LogP contribution < -0.4 is 16.1 Å². The van der Waals surface area contributed by atoms with Gasteiger partial charge in [0.1, 0.15) is 5.60 Å². The largest absolute Gasteiger partial charge is 0.498 e. The third-order valence-electron chi connectivity index (χ3n) is 9.83. The second kappa shape index (κ2) is 18.5. The van der Waals surface area contributed by atoms with Gasteiger partial charge in [-0.2, -0.15) is 0 Å². The molecule has 8 nitrogen and oxygen atoms in total. The molecule has 4 aromatic carbocycles. The van der Waals surface area contributed by atoms with E-state index in [-0.39, 0.29) is 18.9 Å². The number of aryl methyl sites for hydroxylation is 2. The number of benzene rings is 4. The maximum atomic E-state index is 12.5. The molecule has 5 heterocycles. The number of nitrogens with zero attached hydrogens (tertiary/aromatic N) is 2. The summed E-state index contributed by atoms with van der Waals surface area (Å²) >= 11 is 21.5. The molecule has 2 N–H and O–H groups in total. The van der Waals surface area contributed by atoms with E-state index in [1.807, 2.05) is 74.3 Å². The minimum absolute atomic E-state index is 0.149. The highest BCUT2D eigenvalue weighted by Gasteiger charge is 2.57. The van der Waals surface area contributed by atoms with Gasteiger partial charge in [0.25, 0.3) is 11.8 Å². The van der Waals surface area contributed by atoms with Crippen LogP contribution in [0.4, 0.5) is 11.4 Å². The molecule has 16 heteroatoms. The van der Waals surface area contributed by atoms with Crippen molar-refractivity contribution in [2.75, 3.05) is 10.6 Å². The normalized spacial score (nSPS) is 15.6. The van der Waals surface area contributed by atoms with E-state index in [4.69, 9.17) is 32.5 Å². The quantitative estimate of drug-likeness (QED) is 0.127. The molecule has 1 aliphatic heterocycles. The zero-order valence-corrected chi connectivity index (χ0v) is 39.3. The third-order valence-corrected chi connectivity index (χ3v) is 14.8. The van der Waals surface area contributed by atoms with E-state index >= 15 is 0 Å². The topological polar surface area (TPSA) is 102 Å². The summed E-state index contributed by atoms with van der Waals surface area (Å²) in [5, 5.41) is 6.68. The molecule has 2 amide bonds. The van der Waals surface area contributed by atoms with Gasteiger partial charge >= 0.3 is 7.12 Å². The monoisotopic (exact) mass is 973 g/mol. The standard InChI is InChI=1S/C19H13ClN2OS2.C14H17BNO2S.C11H7BrClNOS/c1-11-8-18-15(21-10-24-18)9-12(11)16-6-7-17(25-16)19(23)22-14-5-3-2-4-13(14)20;1-9-6-12-11(16-8-19-12)7-10(9)15-17-13(2,3)14(4,5)18-15;12-10-6-5-9(16-10)11(15)14-8-4-2-1-3-7(8)13/h2-10H,1H3,(H,22,23);6-8H,2H2,1,3-5H3;1-6H,(H,14,15)/q;+1;. The second-order valence-corrected chi connectivity index (χ2v) is 20.6. The van der Waals surface area contributed by atoms with Crippen LogP contribution in [0, 0.1) is 20.8 Å². The number of aromatic nitrogens is 2. The Bertz CT molecular complexity index is 2820. The second-order valence-electron chi connectivity index (χ2n) is 14.5. The van der Waals surface area contributed by atoms with Gasteiger partial charge in [-0.15, -0.1) is 45.3 Å². The predicted molar refractivity (Wildman–Crippen MR) is 258 cm³/mol. The van der Waals surface area contributed by atoms with Crippen LogP contribution in [-0.2, 0) is 9.31 Å². The van der Waals surface area contributed by atoms with E-state index in [0.29, 0.717) is 31.2 Å². The first-order valence-corrected chi connectivity index (χ1v) is 23.4. The highest BCUT2D eigenvalue weighted by molar-refractivity contribution is 9.11. The van der Waals surface area contributed by atoms with Crippen molar-refractivity contribution in [3.8, 4) is 10.4 Å². The average molecular weight is 976 g/mol. The minimum atomic E-state index is -0.554. The highest BCUT2D eigenvalue weighted by Crippen LogP contribution is 2.37. The fraction of sp³-hybridized carbons (Fsp3) is 0.159. The molecule has 0 saturated carbocycles. The van der Waals surface area contributed by atoms with E-state index < -0.39 is 11.2 Å². The summed E-state index contributed by atoms with van der Waals surface area (Å²) < 4.78 is 15.3. The molecular weight excluding hydrogens is 938 g/mol.